The summed E-state index contributed by atoms with van der Waals surface area (Å²) in [6.07, 6.45) is 0.595. The molecule has 0 bridgehead atoms. The van der Waals surface area contributed by atoms with Gasteiger partial charge < -0.3 is 10.1 Å². The number of imide groups is 1. The molecule has 2 N–H and O–H groups in total. The second-order valence-electron chi connectivity index (χ2n) is 6.89. The second kappa shape index (κ2) is 8.40. The first kappa shape index (κ1) is 22.3. The fourth-order valence-electron chi connectivity index (χ4n) is 2.58. The zero-order valence-electron chi connectivity index (χ0n) is 15.0. The van der Waals surface area contributed by atoms with Gasteiger partial charge in [-0.3, -0.25) is 10.1 Å². The van der Waals surface area contributed by atoms with Crippen molar-refractivity contribution in [2.24, 2.45) is 5.41 Å². The predicted octanol–water partition coefficient (Wildman–Crippen LogP) is 6.57. The fourth-order valence-corrected chi connectivity index (χ4v) is 4.10. The van der Waals surface area contributed by atoms with Crippen LogP contribution in [0, 0.1) is 5.41 Å². The number of alkyl halides is 2. The molecule has 1 unspecified atom stereocenters. The summed E-state index contributed by atoms with van der Waals surface area (Å²) in [5.74, 6) is -0.391. The van der Waals surface area contributed by atoms with E-state index in [-0.39, 0.29) is 38.7 Å². The maximum atomic E-state index is 12.1. The zero-order chi connectivity index (χ0) is 21.4. The number of amides is 3. The molecule has 0 saturated heterocycles. The van der Waals surface area contributed by atoms with Crippen LogP contribution in [0.3, 0.4) is 0 Å². The Labute approximate surface area is 192 Å². The van der Waals surface area contributed by atoms with Crippen LogP contribution in [-0.4, -0.2) is 22.9 Å². The van der Waals surface area contributed by atoms with Crippen LogP contribution < -0.4 is 15.4 Å². The molecule has 5 nitrogen and oxygen atoms in total. The largest absolute Gasteiger partial charge is 0.490 e. The molecule has 3 rings (SSSR count). The Kier molecular flexibility index (Phi) is 6.47. The lowest BCUT2D eigenvalue weighted by atomic mass is 10.2. The third kappa shape index (κ3) is 5.04. The highest BCUT2D eigenvalue weighted by Crippen LogP contribution is 2.63. The number of hydrogen-bond donors (Lipinski definition) is 2. The minimum Gasteiger partial charge on any atom is -0.490 e. The molecule has 0 radical (unpaired) electrons. The SMILES string of the molecule is CC1(COc2c(Cl)cc(NC(=O)NC(=O)c3ccccc3Cl)cc2Cl)CC1(Cl)Cl. The first-order valence-electron chi connectivity index (χ1n) is 8.39. The summed E-state index contributed by atoms with van der Waals surface area (Å²) < 4.78 is 4.86. The number of nitrogens with one attached hydrogen (secondary N) is 2. The summed E-state index contributed by atoms with van der Waals surface area (Å²) in [5.41, 5.74) is 0.0596. The van der Waals surface area contributed by atoms with Crippen LogP contribution in [0.5, 0.6) is 5.75 Å². The number of rotatable bonds is 5. The molecule has 1 saturated carbocycles. The summed E-state index contributed by atoms with van der Waals surface area (Å²) in [6, 6.07) is 8.50. The molecule has 2 aromatic carbocycles. The molecule has 1 fully saturated rings. The van der Waals surface area contributed by atoms with Crippen molar-refractivity contribution in [3.8, 4) is 5.75 Å². The molecule has 0 heterocycles. The molecule has 0 aromatic heterocycles. The topological polar surface area (TPSA) is 67.4 Å². The van der Waals surface area contributed by atoms with Gasteiger partial charge in [0.25, 0.3) is 5.91 Å². The van der Waals surface area contributed by atoms with Crippen LogP contribution in [0.2, 0.25) is 15.1 Å². The minimum absolute atomic E-state index is 0.173. The molecule has 1 aliphatic rings. The van der Waals surface area contributed by atoms with Crippen molar-refractivity contribution in [2.45, 2.75) is 17.7 Å². The first-order chi connectivity index (χ1) is 13.5. The summed E-state index contributed by atoms with van der Waals surface area (Å²) in [7, 11) is 0. The molecule has 0 aliphatic heterocycles. The van der Waals surface area contributed by atoms with Gasteiger partial charge in [0, 0.05) is 11.1 Å². The standard InChI is InChI=1S/C19H15Cl5N2O3/c1-18(8-19(18,23)24)9-29-15-13(21)6-10(7-14(15)22)25-17(28)26-16(27)11-4-2-3-5-12(11)20/h2-7H,8-9H2,1H3,(H2,25,26,27,28). The van der Waals surface area contributed by atoms with E-state index >= 15 is 0 Å². The zero-order valence-corrected chi connectivity index (χ0v) is 18.8. The van der Waals surface area contributed by atoms with Crippen LogP contribution >= 0.6 is 58.0 Å². The number of halogens is 5. The number of anilines is 1. The Morgan fingerprint density at radius 2 is 1.66 bits per heavy atom. The Hall–Kier alpha value is -1.37. The van der Waals surface area contributed by atoms with Crippen LogP contribution in [-0.2, 0) is 0 Å². The number of carbonyl (C=O) groups excluding carboxylic acids is 2. The third-order valence-electron chi connectivity index (χ3n) is 4.51. The van der Waals surface area contributed by atoms with Gasteiger partial charge in [-0.1, -0.05) is 53.9 Å². The number of hydrogen-bond acceptors (Lipinski definition) is 3. The van der Waals surface area contributed by atoms with Gasteiger partial charge in [-0.05, 0) is 30.7 Å². The molecule has 1 aliphatic carbocycles. The molecule has 3 amide bonds. The highest BCUT2D eigenvalue weighted by Gasteiger charge is 2.63. The second-order valence-corrected chi connectivity index (χ2v) is 9.59. The number of ether oxygens (including phenoxy) is 1. The van der Waals surface area contributed by atoms with E-state index in [9.17, 15) is 9.59 Å². The van der Waals surface area contributed by atoms with Gasteiger partial charge in [0.05, 0.1) is 27.2 Å². The smallest absolute Gasteiger partial charge is 0.326 e. The van der Waals surface area contributed by atoms with E-state index in [2.05, 4.69) is 10.6 Å². The fraction of sp³-hybridized carbons (Fsp3) is 0.263. The van der Waals surface area contributed by atoms with Crippen LogP contribution in [0.15, 0.2) is 36.4 Å². The van der Waals surface area contributed by atoms with Crippen molar-refractivity contribution in [3.05, 3.63) is 57.0 Å². The van der Waals surface area contributed by atoms with E-state index in [4.69, 9.17) is 62.7 Å². The van der Waals surface area contributed by atoms with E-state index in [0.717, 1.165) is 0 Å². The average molecular weight is 497 g/mol. The van der Waals surface area contributed by atoms with E-state index in [1.165, 1.54) is 18.2 Å². The van der Waals surface area contributed by atoms with Crippen molar-refractivity contribution < 1.29 is 14.3 Å². The van der Waals surface area contributed by atoms with Crippen LogP contribution in [0.1, 0.15) is 23.7 Å². The van der Waals surface area contributed by atoms with Gasteiger partial charge in [-0.15, -0.1) is 23.2 Å². The summed E-state index contributed by atoms with van der Waals surface area (Å²) >= 11 is 30.6. The number of benzene rings is 2. The summed E-state index contributed by atoms with van der Waals surface area (Å²) in [4.78, 5) is 24.3. The van der Waals surface area contributed by atoms with E-state index in [0.29, 0.717) is 6.42 Å². The van der Waals surface area contributed by atoms with E-state index < -0.39 is 21.7 Å². The van der Waals surface area contributed by atoms with Gasteiger partial charge in [0.15, 0.2) is 5.75 Å². The Bertz CT molecular complexity index is 959. The van der Waals surface area contributed by atoms with E-state index in [1.807, 2.05) is 6.92 Å². The third-order valence-corrected chi connectivity index (χ3v) is 6.58. The Morgan fingerprint density at radius 3 is 2.21 bits per heavy atom. The quantitative estimate of drug-likeness (QED) is 0.460. The van der Waals surface area contributed by atoms with Crippen molar-refractivity contribution in [1.82, 2.24) is 5.32 Å². The number of urea groups is 1. The van der Waals surface area contributed by atoms with Crippen molar-refractivity contribution >= 4 is 75.6 Å². The summed E-state index contributed by atoms with van der Waals surface area (Å²) in [6.45, 7) is 2.13. The van der Waals surface area contributed by atoms with Gasteiger partial charge in [-0.2, -0.15) is 0 Å². The minimum atomic E-state index is -0.834. The molecular weight excluding hydrogens is 481 g/mol. The van der Waals surface area contributed by atoms with Crippen molar-refractivity contribution in [2.75, 3.05) is 11.9 Å². The molecule has 29 heavy (non-hydrogen) atoms. The van der Waals surface area contributed by atoms with E-state index in [1.54, 1.807) is 18.2 Å². The molecular formula is C19H15Cl5N2O3. The van der Waals surface area contributed by atoms with Gasteiger partial charge in [0.1, 0.15) is 4.33 Å². The first-order valence-corrected chi connectivity index (χ1v) is 10.3. The molecule has 0 spiro atoms. The molecule has 2 aromatic rings. The van der Waals surface area contributed by atoms with Gasteiger partial charge >= 0.3 is 6.03 Å². The normalized spacial score (nSPS) is 19.4. The predicted molar refractivity (Wildman–Crippen MR) is 117 cm³/mol. The molecule has 10 heteroatoms. The molecule has 1 atom stereocenters. The Balaban J connectivity index is 1.63. The highest BCUT2D eigenvalue weighted by molar-refractivity contribution is 6.51. The number of carbonyl (C=O) groups is 2. The van der Waals surface area contributed by atoms with Crippen molar-refractivity contribution in [3.63, 3.8) is 0 Å². The Morgan fingerprint density at radius 1 is 1.07 bits per heavy atom. The van der Waals surface area contributed by atoms with Gasteiger partial charge in [0.2, 0.25) is 0 Å². The maximum absolute atomic E-state index is 12.1. The van der Waals surface area contributed by atoms with Crippen molar-refractivity contribution in [1.29, 1.82) is 0 Å². The van der Waals surface area contributed by atoms with Crippen LogP contribution in [0.25, 0.3) is 0 Å². The van der Waals surface area contributed by atoms with Gasteiger partial charge in [-0.25, -0.2) is 4.79 Å². The summed E-state index contributed by atoms with van der Waals surface area (Å²) in [5, 5.41) is 5.27. The average Bonchev–Trinajstić information content (AvgIpc) is 3.11. The van der Waals surface area contributed by atoms with Crippen LogP contribution in [0.4, 0.5) is 10.5 Å². The monoisotopic (exact) mass is 494 g/mol. The lowest BCUT2D eigenvalue weighted by molar-refractivity contribution is 0.0967. The lowest BCUT2D eigenvalue weighted by Gasteiger charge is -2.16. The lowest BCUT2D eigenvalue weighted by Crippen LogP contribution is -2.34. The molecule has 154 valence electrons. The maximum Gasteiger partial charge on any atom is 0.326 e. The highest BCUT2D eigenvalue weighted by atomic mass is 35.5.